The number of nitrogens with zero attached hydrogens (tertiary/aromatic N) is 1. The van der Waals surface area contributed by atoms with Crippen LogP contribution in [0.25, 0.3) is 0 Å². The fraction of sp³-hybridized carbons (Fsp3) is 0.484. The second-order valence-electron chi connectivity index (χ2n) is 12.0. The van der Waals surface area contributed by atoms with E-state index in [1.807, 2.05) is 30.3 Å². The highest BCUT2D eigenvalue weighted by molar-refractivity contribution is 5.93. The van der Waals surface area contributed by atoms with Crippen molar-refractivity contribution < 1.29 is 33.8 Å². The molecule has 3 N–H and O–H groups in total. The summed E-state index contributed by atoms with van der Waals surface area (Å²) in [5.74, 6) is -2.13. The second kappa shape index (κ2) is 14.0. The minimum Gasteiger partial charge on any atom is -0.508 e. The van der Waals surface area contributed by atoms with E-state index in [4.69, 9.17) is 9.47 Å². The molecule has 224 valence electrons. The van der Waals surface area contributed by atoms with Gasteiger partial charge in [0.2, 0.25) is 11.8 Å². The average molecular weight is 570 g/mol. The zero-order valence-corrected chi connectivity index (χ0v) is 25.2. The van der Waals surface area contributed by atoms with Crippen LogP contribution in [0.2, 0.25) is 0 Å². The molecule has 10 nitrogen and oxygen atoms in total. The summed E-state index contributed by atoms with van der Waals surface area (Å²) in [7, 11) is 0. The van der Waals surface area contributed by atoms with Gasteiger partial charge in [-0.25, -0.2) is 9.59 Å². The van der Waals surface area contributed by atoms with Gasteiger partial charge in [-0.2, -0.15) is 0 Å². The summed E-state index contributed by atoms with van der Waals surface area (Å²) in [6.07, 6.45) is -0.642. The lowest BCUT2D eigenvalue weighted by Crippen LogP contribution is -2.53. The molecule has 0 radical (unpaired) electrons. The Kier molecular flexibility index (Phi) is 11.3. The topological polar surface area (TPSA) is 134 Å². The Hall–Kier alpha value is -4.08. The number of phenolic OH excluding ortho intramolecular Hbond substituents is 1. The Morgan fingerprint density at radius 3 is 1.95 bits per heavy atom. The minimum atomic E-state index is -1.33. The summed E-state index contributed by atoms with van der Waals surface area (Å²) in [5, 5.41) is 15.9. The van der Waals surface area contributed by atoms with Crippen molar-refractivity contribution in [1.82, 2.24) is 15.5 Å². The summed E-state index contributed by atoms with van der Waals surface area (Å²) in [6, 6.07) is 12.4. The van der Waals surface area contributed by atoms with Crippen molar-refractivity contribution >= 4 is 23.9 Å². The Labute approximate surface area is 242 Å². The van der Waals surface area contributed by atoms with Gasteiger partial charge in [0.05, 0.1) is 0 Å². The van der Waals surface area contributed by atoms with Crippen molar-refractivity contribution in [2.45, 2.75) is 91.1 Å². The van der Waals surface area contributed by atoms with Crippen LogP contribution >= 0.6 is 0 Å². The van der Waals surface area contributed by atoms with Crippen molar-refractivity contribution in [2.24, 2.45) is 0 Å². The molecule has 0 spiro atoms. The molecule has 2 aromatic carbocycles. The second-order valence-corrected chi connectivity index (χ2v) is 12.0. The largest absolute Gasteiger partial charge is 0.508 e. The molecule has 2 aromatic rings. The van der Waals surface area contributed by atoms with E-state index in [2.05, 4.69) is 10.6 Å². The molecular formula is C31H43N3O7. The first-order valence-corrected chi connectivity index (χ1v) is 13.6. The van der Waals surface area contributed by atoms with Gasteiger partial charge in [-0.05, 0) is 67.0 Å². The van der Waals surface area contributed by atoms with Crippen molar-refractivity contribution in [3.63, 3.8) is 0 Å². The zero-order chi connectivity index (χ0) is 31.0. The molecule has 41 heavy (non-hydrogen) atoms. The van der Waals surface area contributed by atoms with E-state index in [1.54, 1.807) is 67.5 Å². The quantitative estimate of drug-likeness (QED) is 0.364. The number of aromatic hydroxyl groups is 1. The number of ether oxygens (including phenoxy) is 2. The number of hydrogen-bond donors (Lipinski definition) is 3. The van der Waals surface area contributed by atoms with Gasteiger partial charge in [0.25, 0.3) is 0 Å². The van der Waals surface area contributed by atoms with Crippen LogP contribution in [0.4, 0.5) is 4.79 Å². The number of benzene rings is 2. The van der Waals surface area contributed by atoms with Crippen LogP contribution < -0.4 is 10.6 Å². The Bertz CT molecular complexity index is 1200. The molecule has 0 heterocycles. The molecule has 2 unspecified atom stereocenters. The van der Waals surface area contributed by atoms with E-state index in [9.17, 15) is 24.3 Å². The molecule has 0 aliphatic rings. The maximum absolute atomic E-state index is 14.0. The van der Waals surface area contributed by atoms with Gasteiger partial charge in [-0.3, -0.25) is 9.59 Å². The molecule has 0 fully saturated rings. The van der Waals surface area contributed by atoms with Crippen LogP contribution in [0, 0.1) is 0 Å². The molecule has 0 aliphatic heterocycles. The molecule has 2 rings (SSSR count). The maximum atomic E-state index is 14.0. The van der Waals surface area contributed by atoms with Gasteiger partial charge in [0.1, 0.15) is 35.6 Å². The predicted molar refractivity (Wildman–Crippen MR) is 155 cm³/mol. The Morgan fingerprint density at radius 1 is 0.854 bits per heavy atom. The van der Waals surface area contributed by atoms with E-state index < -0.39 is 59.7 Å². The lowest BCUT2D eigenvalue weighted by Gasteiger charge is -2.36. The number of hydrogen-bond acceptors (Lipinski definition) is 7. The van der Waals surface area contributed by atoms with Gasteiger partial charge in [-0.1, -0.05) is 48.5 Å². The van der Waals surface area contributed by atoms with Gasteiger partial charge in [0.15, 0.2) is 0 Å². The van der Waals surface area contributed by atoms with E-state index in [-0.39, 0.29) is 17.7 Å². The van der Waals surface area contributed by atoms with Gasteiger partial charge in [0, 0.05) is 18.0 Å². The monoisotopic (exact) mass is 569 g/mol. The molecule has 3 amide bonds. The van der Waals surface area contributed by atoms with E-state index in [0.29, 0.717) is 0 Å². The zero-order valence-electron chi connectivity index (χ0n) is 25.2. The molecule has 2 atom stereocenters. The molecule has 0 bridgehead atoms. The third kappa shape index (κ3) is 10.8. The van der Waals surface area contributed by atoms with E-state index in [0.717, 1.165) is 5.56 Å². The number of para-hydroxylation sites is 1. The van der Waals surface area contributed by atoms with Crippen LogP contribution in [0.5, 0.6) is 5.75 Å². The minimum absolute atomic E-state index is 0.144. The van der Waals surface area contributed by atoms with Gasteiger partial charge >= 0.3 is 12.1 Å². The predicted octanol–water partition coefficient (Wildman–Crippen LogP) is 4.26. The number of rotatable bonds is 10. The number of carbonyl (C=O) groups excluding carboxylic acids is 4. The summed E-state index contributed by atoms with van der Waals surface area (Å²) in [4.78, 5) is 54.2. The highest BCUT2D eigenvalue weighted by Gasteiger charge is 2.37. The van der Waals surface area contributed by atoms with Crippen LogP contribution in [0.15, 0.2) is 54.6 Å². The summed E-state index contributed by atoms with van der Waals surface area (Å²) >= 11 is 0. The first-order chi connectivity index (χ1) is 19.0. The van der Waals surface area contributed by atoms with E-state index >= 15 is 0 Å². The Balaban J connectivity index is 2.45. The summed E-state index contributed by atoms with van der Waals surface area (Å²) < 4.78 is 10.8. The van der Waals surface area contributed by atoms with Crippen molar-refractivity contribution in [3.05, 3.63) is 65.7 Å². The van der Waals surface area contributed by atoms with Gasteiger partial charge < -0.3 is 30.1 Å². The molecular weight excluding hydrogens is 526 g/mol. The molecule has 0 saturated heterocycles. The fourth-order valence-electron chi connectivity index (χ4n) is 4.09. The smallest absolute Gasteiger partial charge is 0.408 e. The molecule has 0 saturated carbocycles. The lowest BCUT2D eigenvalue weighted by atomic mass is 9.99. The third-order valence-corrected chi connectivity index (χ3v) is 5.68. The normalized spacial score (nSPS) is 13.1. The number of phenols is 1. The first kappa shape index (κ1) is 33.1. The molecule has 10 heteroatoms. The van der Waals surface area contributed by atoms with Crippen LogP contribution in [-0.4, -0.2) is 63.7 Å². The lowest BCUT2D eigenvalue weighted by molar-refractivity contribution is -0.159. The van der Waals surface area contributed by atoms with Crippen molar-refractivity contribution in [3.8, 4) is 5.75 Å². The van der Waals surface area contributed by atoms with Crippen molar-refractivity contribution in [2.75, 3.05) is 6.54 Å². The average Bonchev–Trinajstić information content (AvgIpc) is 2.84. The standard InChI is InChI=1S/C31H43N3O7/c1-20(2)34(25(36)19-32-29(39)41-31(6,7)8)26(22-16-12-13-17-24(22)35)27(37)33-23(28(38)40-30(3,4)5)18-21-14-10-9-11-15-21/h9-17,20,23,26,35H,18-19H2,1-8H3,(H,32,39)(H,33,37). The first-order valence-electron chi connectivity index (χ1n) is 13.6. The molecule has 0 aromatic heterocycles. The Morgan fingerprint density at radius 2 is 1.41 bits per heavy atom. The van der Waals surface area contributed by atoms with E-state index in [1.165, 1.54) is 17.0 Å². The third-order valence-electron chi connectivity index (χ3n) is 5.68. The van der Waals surface area contributed by atoms with Crippen molar-refractivity contribution in [1.29, 1.82) is 0 Å². The van der Waals surface area contributed by atoms with Crippen LogP contribution in [-0.2, 0) is 30.3 Å². The summed E-state index contributed by atoms with van der Waals surface area (Å²) in [5.41, 5.74) is -0.618. The van der Waals surface area contributed by atoms with Crippen LogP contribution in [0.3, 0.4) is 0 Å². The SMILES string of the molecule is CC(C)N(C(=O)CNC(=O)OC(C)(C)C)C(C(=O)NC(Cc1ccccc1)C(=O)OC(C)(C)C)c1ccccc1O. The number of alkyl carbamates (subject to hydrolysis) is 1. The number of esters is 1. The highest BCUT2D eigenvalue weighted by Crippen LogP contribution is 2.31. The fourth-order valence-corrected chi connectivity index (χ4v) is 4.09. The molecule has 0 aliphatic carbocycles. The number of nitrogens with one attached hydrogen (secondary N) is 2. The number of amides is 3. The number of carbonyl (C=O) groups is 4. The van der Waals surface area contributed by atoms with Crippen LogP contribution in [0.1, 0.15) is 72.6 Å². The maximum Gasteiger partial charge on any atom is 0.408 e. The van der Waals surface area contributed by atoms with Gasteiger partial charge in [-0.15, -0.1) is 0 Å². The summed E-state index contributed by atoms with van der Waals surface area (Å²) in [6.45, 7) is 13.2. The highest BCUT2D eigenvalue weighted by atomic mass is 16.6.